The molecule has 4 heteroatoms. The predicted octanol–water partition coefficient (Wildman–Crippen LogP) is 3.75. The number of rotatable bonds is 3. The molecule has 2 nitrogen and oxygen atoms in total. The molecule has 0 aromatic heterocycles. The molecule has 1 aliphatic rings. The van der Waals surface area contributed by atoms with Crippen LogP contribution >= 0.6 is 15.9 Å². The lowest BCUT2D eigenvalue weighted by atomic mass is 9.98. The maximum Gasteiger partial charge on any atom is 0.252 e. The minimum absolute atomic E-state index is 0.208. The molecule has 1 aliphatic carbocycles. The number of hydrogen-bond donors (Lipinski definition) is 1. The standard InChI is InChI=1S/C14H17BrFNO/c1-9-4-2-5-10(9)8-17-14(18)11-6-3-7-12(16)13(11)15/h3,6-7,9-10H,2,4-5,8H2,1H3,(H,17,18). The Hall–Kier alpha value is -0.900. The van der Waals surface area contributed by atoms with Gasteiger partial charge in [-0.25, -0.2) is 4.39 Å². The summed E-state index contributed by atoms with van der Waals surface area (Å²) < 4.78 is 13.6. The Labute approximate surface area is 115 Å². The van der Waals surface area contributed by atoms with E-state index in [0.29, 0.717) is 23.9 Å². The summed E-state index contributed by atoms with van der Waals surface area (Å²) in [4.78, 5) is 12.0. The molecule has 1 aromatic carbocycles. The lowest BCUT2D eigenvalue weighted by molar-refractivity contribution is 0.0943. The summed E-state index contributed by atoms with van der Waals surface area (Å²) in [6.45, 7) is 2.91. The summed E-state index contributed by atoms with van der Waals surface area (Å²) in [5, 5.41) is 2.90. The fourth-order valence-electron chi connectivity index (χ4n) is 2.52. The van der Waals surface area contributed by atoms with Gasteiger partial charge in [0.2, 0.25) is 0 Å². The van der Waals surface area contributed by atoms with Crippen LogP contribution in [-0.2, 0) is 0 Å². The molecule has 2 rings (SSSR count). The minimum atomic E-state index is -0.406. The van der Waals surface area contributed by atoms with Crippen LogP contribution < -0.4 is 5.32 Å². The van der Waals surface area contributed by atoms with Gasteiger partial charge >= 0.3 is 0 Å². The predicted molar refractivity (Wildman–Crippen MR) is 72.9 cm³/mol. The largest absolute Gasteiger partial charge is 0.352 e. The first-order valence-corrected chi connectivity index (χ1v) is 7.11. The molecule has 0 heterocycles. The van der Waals surface area contributed by atoms with E-state index in [1.165, 1.54) is 25.3 Å². The highest BCUT2D eigenvalue weighted by Crippen LogP contribution is 2.30. The van der Waals surface area contributed by atoms with Crippen LogP contribution in [0.15, 0.2) is 22.7 Å². The van der Waals surface area contributed by atoms with Crippen molar-refractivity contribution in [3.8, 4) is 0 Å². The number of carbonyl (C=O) groups excluding carboxylic acids is 1. The van der Waals surface area contributed by atoms with Gasteiger partial charge in [0.1, 0.15) is 5.82 Å². The zero-order valence-corrected chi connectivity index (χ0v) is 12.0. The Balaban J connectivity index is 1.97. The summed E-state index contributed by atoms with van der Waals surface area (Å²) in [6, 6.07) is 4.51. The van der Waals surface area contributed by atoms with Crippen molar-refractivity contribution in [2.75, 3.05) is 6.54 Å². The Bertz CT molecular complexity index is 449. The van der Waals surface area contributed by atoms with E-state index < -0.39 is 5.82 Å². The molecule has 0 saturated heterocycles. The van der Waals surface area contributed by atoms with E-state index in [0.717, 1.165) is 0 Å². The summed E-state index contributed by atoms with van der Waals surface area (Å²) in [5.74, 6) is 0.611. The summed E-state index contributed by atoms with van der Waals surface area (Å²) in [5.41, 5.74) is 0.362. The summed E-state index contributed by atoms with van der Waals surface area (Å²) in [7, 11) is 0. The zero-order chi connectivity index (χ0) is 13.1. The van der Waals surface area contributed by atoms with Gasteiger partial charge in [0.25, 0.3) is 5.91 Å². The van der Waals surface area contributed by atoms with E-state index in [2.05, 4.69) is 28.2 Å². The van der Waals surface area contributed by atoms with Crippen LogP contribution in [0.5, 0.6) is 0 Å². The van der Waals surface area contributed by atoms with E-state index in [1.807, 2.05) is 0 Å². The maximum atomic E-state index is 13.3. The Morgan fingerprint density at radius 2 is 2.28 bits per heavy atom. The number of halogens is 2. The molecular weight excluding hydrogens is 297 g/mol. The Kier molecular flexibility index (Phi) is 4.38. The number of nitrogens with one attached hydrogen (secondary N) is 1. The monoisotopic (exact) mass is 313 g/mol. The van der Waals surface area contributed by atoms with Crippen molar-refractivity contribution in [2.24, 2.45) is 11.8 Å². The quantitative estimate of drug-likeness (QED) is 0.904. The molecule has 0 aliphatic heterocycles. The van der Waals surface area contributed by atoms with Crippen LogP contribution in [0.25, 0.3) is 0 Å². The second-order valence-corrected chi connectivity index (χ2v) is 5.77. The average Bonchev–Trinajstić information content (AvgIpc) is 2.75. The molecule has 1 aromatic rings. The van der Waals surface area contributed by atoms with Crippen molar-refractivity contribution in [2.45, 2.75) is 26.2 Å². The first-order chi connectivity index (χ1) is 8.59. The molecule has 2 unspecified atom stereocenters. The lowest BCUT2D eigenvalue weighted by Crippen LogP contribution is -2.30. The summed E-state index contributed by atoms with van der Waals surface area (Å²) in [6.07, 6.45) is 3.65. The first kappa shape index (κ1) is 13.5. The van der Waals surface area contributed by atoms with Crippen LogP contribution in [-0.4, -0.2) is 12.5 Å². The van der Waals surface area contributed by atoms with Crippen molar-refractivity contribution in [1.82, 2.24) is 5.32 Å². The molecule has 1 saturated carbocycles. The van der Waals surface area contributed by atoms with Gasteiger partial charge < -0.3 is 5.32 Å². The molecule has 0 radical (unpaired) electrons. The molecular formula is C14H17BrFNO. The highest BCUT2D eigenvalue weighted by Gasteiger charge is 2.24. The molecule has 2 atom stereocenters. The smallest absolute Gasteiger partial charge is 0.252 e. The van der Waals surface area contributed by atoms with Gasteiger partial charge in [-0.05, 0) is 46.3 Å². The average molecular weight is 314 g/mol. The normalized spacial score (nSPS) is 23.1. The van der Waals surface area contributed by atoms with E-state index in [-0.39, 0.29) is 10.4 Å². The van der Waals surface area contributed by atoms with E-state index in [1.54, 1.807) is 12.1 Å². The number of hydrogen-bond acceptors (Lipinski definition) is 1. The van der Waals surface area contributed by atoms with Gasteiger partial charge in [-0.15, -0.1) is 0 Å². The number of amides is 1. The van der Waals surface area contributed by atoms with Crippen LogP contribution in [0.1, 0.15) is 36.5 Å². The van der Waals surface area contributed by atoms with Crippen molar-refractivity contribution in [3.05, 3.63) is 34.1 Å². The van der Waals surface area contributed by atoms with E-state index >= 15 is 0 Å². The highest BCUT2D eigenvalue weighted by atomic mass is 79.9. The fraction of sp³-hybridized carbons (Fsp3) is 0.500. The van der Waals surface area contributed by atoms with Crippen LogP contribution in [0.3, 0.4) is 0 Å². The Morgan fingerprint density at radius 1 is 1.50 bits per heavy atom. The molecule has 0 bridgehead atoms. The topological polar surface area (TPSA) is 29.1 Å². The molecule has 0 spiro atoms. The molecule has 98 valence electrons. The molecule has 1 N–H and O–H groups in total. The van der Waals surface area contributed by atoms with Crippen molar-refractivity contribution in [1.29, 1.82) is 0 Å². The summed E-state index contributed by atoms with van der Waals surface area (Å²) >= 11 is 3.11. The molecule has 18 heavy (non-hydrogen) atoms. The van der Waals surface area contributed by atoms with Gasteiger partial charge in [-0.3, -0.25) is 4.79 Å². The van der Waals surface area contributed by atoms with Crippen molar-refractivity contribution < 1.29 is 9.18 Å². The zero-order valence-electron chi connectivity index (χ0n) is 10.4. The number of benzene rings is 1. The van der Waals surface area contributed by atoms with Crippen LogP contribution in [0.2, 0.25) is 0 Å². The highest BCUT2D eigenvalue weighted by molar-refractivity contribution is 9.10. The third-order valence-electron chi connectivity index (χ3n) is 3.76. The van der Waals surface area contributed by atoms with Gasteiger partial charge in [-0.2, -0.15) is 0 Å². The van der Waals surface area contributed by atoms with Gasteiger partial charge in [0, 0.05) is 6.54 Å². The van der Waals surface area contributed by atoms with Crippen LogP contribution in [0.4, 0.5) is 4.39 Å². The molecule has 1 amide bonds. The van der Waals surface area contributed by atoms with Crippen molar-refractivity contribution in [3.63, 3.8) is 0 Å². The van der Waals surface area contributed by atoms with Gasteiger partial charge in [-0.1, -0.05) is 25.8 Å². The van der Waals surface area contributed by atoms with E-state index in [4.69, 9.17) is 0 Å². The SMILES string of the molecule is CC1CCCC1CNC(=O)c1cccc(F)c1Br. The van der Waals surface area contributed by atoms with E-state index in [9.17, 15) is 9.18 Å². The third-order valence-corrected chi connectivity index (χ3v) is 4.57. The van der Waals surface area contributed by atoms with Gasteiger partial charge in [0.05, 0.1) is 10.0 Å². The lowest BCUT2D eigenvalue weighted by Gasteiger charge is -2.16. The number of carbonyl (C=O) groups is 1. The Morgan fingerprint density at radius 3 is 2.94 bits per heavy atom. The third kappa shape index (κ3) is 2.91. The molecule has 1 fully saturated rings. The first-order valence-electron chi connectivity index (χ1n) is 6.32. The van der Waals surface area contributed by atoms with Crippen LogP contribution in [0, 0.1) is 17.7 Å². The van der Waals surface area contributed by atoms with Gasteiger partial charge in [0.15, 0.2) is 0 Å². The second-order valence-electron chi connectivity index (χ2n) is 4.98. The van der Waals surface area contributed by atoms with Crippen molar-refractivity contribution >= 4 is 21.8 Å². The minimum Gasteiger partial charge on any atom is -0.352 e. The fourth-order valence-corrected chi connectivity index (χ4v) is 2.97. The maximum absolute atomic E-state index is 13.3. The second kappa shape index (κ2) is 5.83.